The average Bonchev–Trinajstić information content (AvgIpc) is 2.52. The summed E-state index contributed by atoms with van der Waals surface area (Å²) in [4.78, 5) is 0. The predicted molar refractivity (Wildman–Crippen MR) is 62.9 cm³/mol. The van der Waals surface area contributed by atoms with Crippen LogP contribution in [0.2, 0.25) is 0 Å². The van der Waals surface area contributed by atoms with Crippen LogP contribution in [-0.2, 0) is 19.9 Å². The highest BCUT2D eigenvalue weighted by Crippen LogP contribution is 2.31. The molecule has 2 aromatic rings. The third-order valence-corrected chi connectivity index (χ3v) is 3.62. The Kier molecular flexibility index (Phi) is 2.04. The van der Waals surface area contributed by atoms with Gasteiger partial charge in [0.1, 0.15) is 5.82 Å². The molecule has 84 valence electrons. The van der Waals surface area contributed by atoms with Gasteiger partial charge in [-0.25, -0.2) is 4.39 Å². The standard InChI is InChI=1S/C13H15FN2/c1-16-12-4-2-8(14)6-10(12)11-7-9(15)3-5-13(11)16/h2,4,6,9H,3,5,7,15H2,1H3. The maximum atomic E-state index is 13.3. The molecule has 0 saturated heterocycles. The number of hydrogen-bond donors (Lipinski definition) is 1. The van der Waals surface area contributed by atoms with Crippen LogP contribution in [-0.4, -0.2) is 10.6 Å². The molecular formula is C13H15FN2. The Morgan fingerprint density at radius 3 is 3.06 bits per heavy atom. The zero-order valence-corrected chi connectivity index (χ0v) is 9.33. The molecule has 0 amide bonds. The van der Waals surface area contributed by atoms with Crippen molar-refractivity contribution in [2.45, 2.75) is 25.3 Å². The van der Waals surface area contributed by atoms with Crippen molar-refractivity contribution in [1.82, 2.24) is 4.57 Å². The molecule has 0 bridgehead atoms. The number of hydrogen-bond acceptors (Lipinski definition) is 1. The smallest absolute Gasteiger partial charge is 0.123 e. The van der Waals surface area contributed by atoms with Gasteiger partial charge in [0, 0.05) is 29.7 Å². The van der Waals surface area contributed by atoms with Gasteiger partial charge in [0.15, 0.2) is 0 Å². The van der Waals surface area contributed by atoms with Gasteiger partial charge >= 0.3 is 0 Å². The summed E-state index contributed by atoms with van der Waals surface area (Å²) in [5.74, 6) is -0.167. The number of aryl methyl sites for hydroxylation is 1. The molecule has 1 atom stereocenters. The highest BCUT2D eigenvalue weighted by atomic mass is 19.1. The SMILES string of the molecule is Cn1c2c(c3cc(F)ccc31)CC(N)CC2. The van der Waals surface area contributed by atoms with Crippen LogP contribution >= 0.6 is 0 Å². The van der Waals surface area contributed by atoms with E-state index in [1.165, 1.54) is 17.3 Å². The highest BCUT2D eigenvalue weighted by molar-refractivity contribution is 5.86. The minimum Gasteiger partial charge on any atom is -0.347 e. The van der Waals surface area contributed by atoms with E-state index in [2.05, 4.69) is 11.6 Å². The lowest BCUT2D eigenvalue weighted by Gasteiger charge is -2.19. The number of rotatable bonds is 0. The molecule has 1 aromatic carbocycles. The van der Waals surface area contributed by atoms with Gasteiger partial charge in [-0.2, -0.15) is 0 Å². The molecule has 1 unspecified atom stereocenters. The average molecular weight is 218 g/mol. The van der Waals surface area contributed by atoms with Gasteiger partial charge in [-0.1, -0.05) is 0 Å². The Morgan fingerprint density at radius 2 is 2.25 bits per heavy atom. The Morgan fingerprint density at radius 1 is 1.44 bits per heavy atom. The number of nitrogens with two attached hydrogens (primary N) is 1. The first kappa shape index (κ1) is 9.85. The fraction of sp³-hybridized carbons (Fsp3) is 0.385. The van der Waals surface area contributed by atoms with Crippen molar-refractivity contribution in [3.63, 3.8) is 0 Å². The summed E-state index contributed by atoms with van der Waals surface area (Å²) in [6, 6.07) is 5.23. The van der Waals surface area contributed by atoms with Crippen LogP contribution in [0.3, 0.4) is 0 Å². The summed E-state index contributed by atoms with van der Waals surface area (Å²) >= 11 is 0. The molecule has 1 aromatic heterocycles. The quantitative estimate of drug-likeness (QED) is 0.721. The molecule has 1 aliphatic rings. The molecule has 0 spiro atoms. The molecule has 0 fully saturated rings. The van der Waals surface area contributed by atoms with Gasteiger partial charge in [0.25, 0.3) is 0 Å². The van der Waals surface area contributed by atoms with E-state index in [0.717, 1.165) is 30.2 Å². The lowest BCUT2D eigenvalue weighted by Crippen LogP contribution is -2.28. The van der Waals surface area contributed by atoms with Gasteiger partial charge in [-0.15, -0.1) is 0 Å². The molecule has 1 heterocycles. The second-order valence-electron chi connectivity index (χ2n) is 4.65. The van der Waals surface area contributed by atoms with Crippen LogP contribution in [0.5, 0.6) is 0 Å². The van der Waals surface area contributed by atoms with Crippen LogP contribution in [0.15, 0.2) is 18.2 Å². The maximum absolute atomic E-state index is 13.3. The lowest BCUT2D eigenvalue weighted by atomic mass is 9.92. The van der Waals surface area contributed by atoms with Gasteiger partial charge in [0.05, 0.1) is 0 Å². The first-order valence-electron chi connectivity index (χ1n) is 5.68. The fourth-order valence-electron chi connectivity index (χ4n) is 2.78. The molecular weight excluding hydrogens is 203 g/mol. The van der Waals surface area contributed by atoms with Gasteiger partial charge < -0.3 is 10.3 Å². The molecule has 0 radical (unpaired) electrons. The largest absolute Gasteiger partial charge is 0.347 e. The summed E-state index contributed by atoms with van der Waals surface area (Å²) in [5.41, 5.74) is 9.66. The Balaban J connectivity index is 2.33. The van der Waals surface area contributed by atoms with Crippen LogP contribution in [0, 0.1) is 5.82 Å². The number of fused-ring (bicyclic) bond motifs is 3. The number of aromatic nitrogens is 1. The van der Waals surface area contributed by atoms with Gasteiger partial charge in [0.2, 0.25) is 0 Å². The van der Waals surface area contributed by atoms with Crippen molar-refractivity contribution >= 4 is 10.9 Å². The Labute approximate surface area is 93.9 Å². The number of benzene rings is 1. The first-order chi connectivity index (χ1) is 7.66. The number of halogens is 1. The van der Waals surface area contributed by atoms with E-state index < -0.39 is 0 Å². The van der Waals surface area contributed by atoms with E-state index in [1.807, 2.05) is 6.07 Å². The lowest BCUT2D eigenvalue weighted by molar-refractivity contribution is 0.562. The monoisotopic (exact) mass is 218 g/mol. The summed E-state index contributed by atoms with van der Waals surface area (Å²) < 4.78 is 15.4. The summed E-state index contributed by atoms with van der Waals surface area (Å²) in [6.45, 7) is 0. The first-order valence-corrected chi connectivity index (χ1v) is 5.68. The van der Waals surface area contributed by atoms with Crippen molar-refractivity contribution in [3.8, 4) is 0 Å². The molecule has 2 N–H and O–H groups in total. The van der Waals surface area contributed by atoms with Gasteiger partial charge in [-0.3, -0.25) is 0 Å². The summed E-state index contributed by atoms with van der Waals surface area (Å²) in [6.07, 6.45) is 2.90. The topological polar surface area (TPSA) is 30.9 Å². The molecule has 16 heavy (non-hydrogen) atoms. The predicted octanol–water partition coefficient (Wildman–Crippen LogP) is 2.13. The van der Waals surface area contributed by atoms with Crippen LogP contribution in [0.4, 0.5) is 4.39 Å². The van der Waals surface area contributed by atoms with Crippen LogP contribution < -0.4 is 5.73 Å². The summed E-state index contributed by atoms with van der Waals surface area (Å²) in [5, 5.41) is 1.03. The maximum Gasteiger partial charge on any atom is 0.123 e. The third kappa shape index (κ3) is 1.28. The number of nitrogens with zero attached hydrogens (tertiary/aromatic N) is 1. The van der Waals surface area contributed by atoms with E-state index in [4.69, 9.17) is 5.73 Å². The molecule has 3 heteroatoms. The van der Waals surface area contributed by atoms with Crippen molar-refractivity contribution in [1.29, 1.82) is 0 Å². The van der Waals surface area contributed by atoms with Crippen LogP contribution in [0.1, 0.15) is 17.7 Å². The second-order valence-corrected chi connectivity index (χ2v) is 4.65. The minimum atomic E-state index is -0.167. The van der Waals surface area contributed by atoms with Crippen molar-refractivity contribution in [3.05, 3.63) is 35.3 Å². The molecule has 0 aliphatic heterocycles. The van der Waals surface area contributed by atoms with Crippen molar-refractivity contribution < 1.29 is 4.39 Å². The van der Waals surface area contributed by atoms with Gasteiger partial charge in [-0.05, 0) is 43.0 Å². The minimum absolute atomic E-state index is 0.167. The Bertz CT molecular complexity index is 557. The normalized spacial score (nSPS) is 20.1. The molecule has 0 saturated carbocycles. The molecule has 2 nitrogen and oxygen atoms in total. The zero-order valence-electron chi connectivity index (χ0n) is 9.33. The highest BCUT2D eigenvalue weighted by Gasteiger charge is 2.22. The molecule has 1 aliphatic carbocycles. The Hall–Kier alpha value is -1.35. The van der Waals surface area contributed by atoms with E-state index in [0.29, 0.717) is 0 Å². The fourth-order valence-corrected chi connectivity index (χ4v) is 2.78. The second kappa shape index (κ2) is 3.32. The van der Waals surface area contributed by atoms with E-state index in [9.17, 15) is 4.39 Å². The third-order valence-electron chi connectivity index (χ3n) is 3.62. The molecule has 3 rings (SSSR count). The van der Waals surface area contributed by atoms with E-state index in [1.54, 1.807) is 6.07 Å². The van der Waals surface area contributed by atoms with E-state index in [-0.39, 0.29) is 11.9 Å². The van der Waals surface area contributed by atoms with Crippen molar-refractivity contribution in [2.75, 3.05) is 0 Å². The zero-order chi connectivity index (χ0) is 11.3. The van der Waals surface area contributed by atoms with Crippen molar-refractivity contribution in [2.24, 2.45) is 12.8 Å². The summed E-state index contributed by atoms with van der Waals surface area (Å²) in [7, 11) is 2.05. The van der Waals surface area contributed by atoms with Crippen LogP contribution in [0.25, 0.3) is 10.9 Å². The van der Waals surface area contributed by atoms with E-state index >= 15 is 0 Å².